The highest BCUT2D eigenvalue weighted by Gasteiger charge is 2.15. The third-order valence-corrected chi connectivity index (χ3v) is 8.56. The predicted molar refractivity (Wildman–Crippen MR) is 197 cm³/mol. The number of hydrogen-bond donors (Lipinski definition) is 2. The Hall–Kier alpha value is -4.68. The van der Waals surface area contributed by atoms with Crippen LogP contribution in [0.3, 0.4) is 0 Å². The summed E-state index contributed by atoms with van der Waals surface area (Å²) in [7, 11) is 5.26. The highest BCUT2D eigenvalue weighted by molar-refractivity contribution is 5.76. The van der Waals surface area contributed by atoms with Gasteiger partial charge in [-0.2, -0.15) is 0 Å². The molecule has 18 heteroatoms. The SMILES string of the molecule is COC(=O)CCN(CCCNC(=O)CCN(CCC(=O)NCCCN(CCC(=O)OC)CCC(=O)OC)CCc1ccc([N+](=O)[O-])cc1)CCC(=O)OC. The van der Waals surface area contributed by atoms with Crippen LogP contribution in [0.1, 0.15) is 56.9 Å². The molecular weight excluding hydrogens is 708 g/mol. The number of methoxy groups -OCH3 is 4. The Morgan fingerprint density at radius 3 is 1.20 bits per heavy atom. The van der Waals surface area contributed by atoms with Gasteiger partial charge in [0.1, 0.15) is 0 Å². The fraction of sp³-hybridized carbons (Fsp3) is 0.667. The number of nitrogens with zero attached hydrogens (tertiary/aromatic N) is 4. The highest BCUT2D eigenvalue weighted by Crippen LogP contribution is 2.13. The minimum absolute atomic E-state index is 0.00551. The minimum Gasteiger partial charge on any atom is -0.469 e. The van der Waals surface area contributed by atoms with Crippen LogP contribution in [0.2, 0.25) is 0 Å². The van der Waals surface area contributed by atoms with E-state index in [1.54, 1.807) is 12.1 Å². The maximum Gasteiger partial charge on any atom is 0.306 e. The third kappa shape index (κ3) is 23.1. The lowest BCUT2D eigenvalue weighted by atomic mass is 10.1. The van der Waals surface area contributed by atoms with Gasteiger partial charge in [-0.1, -0.05) is 12.1 Å². The molecule has 0 saturated heterocycles. The fourth-order valence-electron chi connectivity index (χ4n) is 5.24. The number of non-ortho nitro benzene ring substituents is 1. The van der Waals surface area contributed by atoms with Crippen LogP contribution < -0.4 is 10.6 Å². The van der Waals surface area contributed by atoms with Crippen LogP contribution in [-0.2, 0) is 54.1 Å². The second-order valence-corrected chi connectivity index (χ2v) is 12.4. The number of esters is 4. The molecule has 0 heterocycles. The largest absolute Gasteiger partial charge is 0.469 e. The smallest absolute Gasteiger partial charge is 0.306 e. The number of nitro benzene ring substituents is 1. The molecule has 0 fully saturated rings. The zero-order valence-corrected chi connectivity index (χ0v) is 32.1. The van der Waals surface area contributed by atoms with Gasteiger partial charge in [0.25, 0.3) is 5.69 Å². The molecule has 18 nitrogen and oxygen atoms in total. The molecule has 0 atom stereocenters. The Kier molecular flexibility index (Phi) is 25.2. The summed E-state index contributed by atoms with van der Waals surface area (Å²) >= 11 is 0. The first-order valence-electron chi connectivity index (χ1n) is 18.1. The Labute approximate surface area is 317 Å². The number of ether oxygens (including phenoxy) is 4. The van der Waals surface area contributed by atoms with Gasteiger partial charge in [-0.25, -0.2) is 0 Å². The molecule has 0 spiro atoms. The maximum atomic E-state index is 12.8. The van der Waals surface area contributed by atoms with Crippen molar-refractivity contribution >= 4 is 41.4 Å². The van der Waals surface area contributed by atoms with Crippen LogP contribution in [0.4, 0.5) is 5.69 Å². The second-order valence-electron chi connectivity index (χ2n) is 12.4. The summed E-state index contributed by atoms with van der Waals surface area (Å²) < 4.78 is 18.8. The van der Waals surface area contributed by atoms with Crippen molar-refractivity contribution < 1.29 is 52.6 Å². The quantitative estimate of drug-likeness (QED) is 0.0369. The third-order valence-electron chi connectivity index (χ3n) is 8.56. The van der Waals surface area contributed by atoms with Crippen molar-refractivity contribution in [2.24, 2.45) is 0 Å². The number of nitrogens with one attached hydrogen (secondary N) is 2. The van der Waals surface area contributed by atoms with Gasteiger partial charge in [0, 0.05) is 83.9 Å². The normalized spacial score (nSPS) is 10.9. The number of rotatable bonds is 30. The van der Waals surface area contributed by atoms with E-state index in [0.29, 0.717) is 91.3 Å². The van der Waals surface area contributed by atoms with E-state index < -0.39 is 4.92 Å². The molecule has 304 valence electrons. The van der Waals surface area contributed by atoms with E-state index in [1.807, 2.05) is 14.7 Å². The summed E-state index contributed by atoms with van der Waals surface area (Å²) in [5.41, 5.74) is 0.876. The Balaban J connectivity index is 2.66. The number of benzene rings is 1. The summed E-state index contributed by atoms with van der Waals surface area (Å²) in [6.07, 6.45) is 2.80. The van der Waals surface area contributed by atoms with Crippen LogP contribution in [-0.4, -0.2) is 156 Å². The van der Waals surface area contributed by atoms with Crippen molar-refractivity contribution in [3.63, 3.8) is 0 Å². The first-order chi connectivity index (χ1) is 25.9. The highest BCUT2D eigenvalue weighted by atomic mass is 16.6. The van der Waals surface area contributed by atoms with Crippen molar-refractivity contribution in [3.05, 3.63) is 39.9 Å². The number of hydrogen-bond acceptors (Lipinski definition) is 15. The number of amides is 2. The van der Waals surface area contributed by atoms with E-state index in [4.69, 9.17) is 18.9 Å². The van der Waals surface area contributed by atoms with E-state index >= 15 is 0 Å². The molecule has 54 heavy (non-hydrogen) atoms. The minimum atomic E-state index is -0.461. The maximum absolute atomic E-state index is 12.8. The van der Waals surface area contributed by atoms with E-state index in [0.717, 1.165) is 5.56 Å². The topological polar surface area (TPSA) is 216 Å². The van der Waals surface area contributed by atoms with Crippen molar-refractivity contribution in [3.8, 4) is 0 Å². The molecule has 2 amide bonds. The molecule has 0 aliphatic carbocycles. The predicted octanol–water partition coefficient (Wildman–Crippen LogP) is 1.09. The lowest BCUT2D eigenvalue weighted by molar-refractivity contribution is -0.384. The van der Waals surface area contributed by atoms with Crippen LogP contribution in [0.25, 0.3) is 0 Å². The average Bonchev–Trinajstić information content (AvgIpc) is 3.18. The summed E-state index contributed by atoms with van der Waals surface area (Å²) in [4.78, 5) is 88.4. The molecule has 1 aromatic carbocycles. The van der Waals surface area contributed by atoms with Gasteiger partial charge < -0.3 is 44.3 Å². The molecular formula is C36H58N6O12. The zero-order valence-electron chi connectivity index (χ0n) is 32.1. The molecule has 0 bridgehead atoms. The second kappa shape index (κ2) is 28.8. The molecule has 0 aliphatic heterocycles. The molecule has 1 aromatic rings. The Morgan fingerprint density at radius 1 is 0.537 bits per heavy atom. The molecule has 0 aromatic heterocycles. The zero-order chi connectivity index (χ0) is 40.1. The van der Waals surface area contributed by atoms with E-state index in [1.165, 1.54) is 40.6 Å². The van der Waals surface area contributed by atoms with Crippen molar-refractivity contribution in [2.75, 3.05) is 100 Å². The summed E-state index contributed by atoms with van der Waals surface area (Å²) in [6, 6.07) is 6.27. The number of carbonyl (C=O) groups excluding carboxylic acids is 6. The lowest BCUT2D eigenvalue weighted by Crippen LogP contribution is -2.37. The van der Waals surface area contributed by atoms with Gasteiger partial charge in [0.05, 0.1) is 59.0 Å². The van der Waals surface area contributed by atoms with Gasteiger partial charge in [0.15, 0.2) is 0 Å². The molecule has 1 rings (SSSR count). The van der Waals surface area contributed by atoms with Gasteiger partial charge in [-0.3, -0.25) is 38.9 Å². The van der Waals surface area contributed by atoms with Crippen LogP contribution in [0, 0.1) is 10.1 Å². The number of nitro groups is 1. The Morgan fingerprint density at radius 2 is 0.870 bits per heavy atom. The molecule has 0 unspecified atom stereocenters. The number of carbonyl (C=O) groups is 6. The lowest BCUT2D eigenvalue weighted by Gasteiger charge is -2.23. The molecule has 0 saturated carbocycles. The van der Waals surface area contributed by atoms with E-state index in [9.17, 15) is 38.9 Å². The van der Waals surface area contributed by atoms with Crippen molar-refractivity contribution in [2.45, 2.75) is 57.8 Å². The monoisotopic (exact) mass is 766 g/mol. The van der Waals surface area contributed by atoms with Crippen LogP contribution in [0.15, 0.2) is 24.3 Å². The van der Waals surface area contributed by atoms with Gasteiger partial charge in [0.2, 0.25) is 11.8 Å². The van der Waals surface area contributed by atoms with Gasteiger partial charge >= 0.3 is 23.9 Å². The summed E-state index contributed by atoms with van der Waals surface area (Å²) in [5.74, 6) is -1.75. The Bertz CT molecular complexity index is 1210. The molecule has 2 N–H and O–H groups in total. The first-order valence-corrected chi connectivity index (χ1v) is 18.1. The van der Waals surface area contributed by atoms with Gasteiger partial charge in [-0.15, -0.1) is 0 Å². The average molecular weight is 767 g/mol. The van der Waals surface area contributed by atoms with Gasteiger partial charge in [-0.05, 0) is 37.9 Å². The molecule has 0 aliphatic rings. The van der Waals surface area contributed by atoms with Crippen LogP contribution >= 0.6 is 0 Å². The standard InChI is InChI=1S/C36H58N6O12/c1-51-33(45)14-25-39(26-15-34(46)52-2)20-5-18-37-31(43)12-23-41(22-11-29-7-9-30(10-8-29)42(49)50)24-13-32(44)38-19-6-21-40(27-16-35(47)53-3)28-17-36(48)54-4/h7-10H,5-6,11-28H2,1-4H3,(H,37,43)(H,38,44). The van der Waals surface area contributed by atoms with Crippen LogP contribution in [0.5, 0.6) is 0 Å². The van der Waals surface area contributed by atoms with Crippen molar-refractivity contribution in [1.82, 2.24) is 25.3 Å². The fourth-order valence-corrected chi connectivity index (χ4v) is 5.24. The van der Waals surface area contributed by atoms with E-state index in [-0.39, 0.29) is 79.9 Å². The summed E-state index contributed by atoms with van der Waals surface area (Å²) in [5, 5.41) is 16.9. The van der Waals surface area contributed by atoms with Crippen molar-refractivity contribution in [1.29, 1.82) is 0 Å². The van der Waals surface area contributed by atoms with E-state index in [2.05, 4.69) is 10.6 Å². The summed E-state index contributed by atoms with van der Waals surface area (Å²) in [6.45, 7) is 4.76. The molecule has 0 radical (unpaired) electrons. The first kappa shape index (κ1) is 47.3.